The Morgan fingerprint density at radius 2 is 2.36 bits per heavy atom. The molecule has 0 bridgehead atoms. The van der Waals surface area contributed by atoms with Gasteiger partial charge >= 0.3 is 0 Å². The van der Waals surface area contributed by atoms with Crippen LogP contribution in [-0.2, 0) is 11.3 Å². The fourth-order valence-electron chi connectivity index (χ4n) is 2.51. The smallest absolute Gasteiger partial charge is 0.289 e. The largest absolute Gasteiger partial charge is 0.459 e. The normalized spacial score (nSPS) is 18.2. The first-order valence-electron chi connectivity index (χ1n) is 7.05. The van der Waals surface area contributed by atoms with Gasteiger partial charge in [-0.3, -0.25) is 9.59 Å². The van der Waals surface area contributed by atoms with Crippen LogP contribution in [0.15, 0.2) is 29.1 Å². The number of hydrogen-bond acceptors (Lipinski definition) is 6. The van der Waals surface area contributed by atoms with Gasteiger partial charge < -0.3 is 14.6 Å². The molecule has 3 rings (SSSR count). The zero-order valence-electron chi connectivity index (χ0n) is 11.9. The number of piperidine rings is 1. The number of likely N-dealkylation sites (tertiary alicyclic amines) is 1. The van der Waals surface area contributed by atoms with E-state index < -0.39 is 0 Å². The molecule has 1 aliphatic heterocycles. The molecule has 2 amide bonds. The van der Waals surface area contributed by atoms with Crippen LogP contribution >= 0.6 is 0 Å². The second-order valence-electron chi connectivity index (χ2n) is 5.14. The summed E-state index contributed by atoms with van der Waals surface area (Å²) in [4.78, 5) is 25.9. The summed E-state index contributed by atoms with van der Waals surface area (Å²) < 4.78 is 6.48. The molecule has 1 atom stereocenters. The van der Waals surface area contributed by atoms with Crippen LogP contribution in [0.4, 0.5) is 0 Å². The van der Waals surface area contributed by atoms with E-state index in [4.69, 9.17) is 4.42 Å². The van der Waals surface area contributed by atoms with Crippen molar-refractivity contribution >= 4 is 11.8 Å². The molecule has 1 saturated heterocycles. The fraction of sp³-hybridized carbons (Fsp3) is 0.462. The van der Waals surface area contributed by atoms with Crippen molar-refractivity contribution in [2.45, 2.75) is 25.4 Å². The van der Waals surface area contributed by atoms with Crippen molar-refractivity contribution in [1.82, 2.24) is 30.4 Å². The van der Waals surface area contributed by atoms with Gasteiger partial charge in [-0.15, -0.1) is 5.10 Å². The average molecular weight is 304 g/mol. The first-order valence-corrected chi connectivity index (χ1v) is 7.05. The molecule has 0 saturated carbocycles. The molecule has 0 aromatic carbocycles. The molecule has 0 aliphatic carbocycles. The maximum atomic E-state index is 12.2. The Kier molecular flexibility index (Phi) is 4.12. The number of rotatable bonds is 4. The Hall–Kier alpha value is -2.71. The van der Waals surface area contributed by atoms with Crippen LogP contribution in [0.3, 0.4) is 0 Å². The standard InChI is InChI=1S/C13H16N6O3/c20-12(8-19-9-14-16-17-19)15-10-3-1-5-18(7-10)13(21)11-4-2-6-22-11/h2,4,6,9-10H,1,3,5,7-8H2,(H,15,20). The highest BCUT2D eigenvalue weighted by Gasteiger charge is 2.26. The van der Waals surface area contributed by atoms with E-state index in [0.29, 0.717) is 18.8 Å². The number of aromatic nitrogens is 4. The molecule has 2 aromatic rings. The Morgan fingerprint density at radius 3 is 3.09 bits per heavy atom. The van der Waals surface area contributed by atoms with Crippen LogP contribution in [0.5, 0.6) is 0 Å². The molecule has 1 N–H and O–H groups in total. The Balaban J connectivity index is 1.54. The molecular formula is C13H16N6O3. The molecule has 3 heterocycles. The summed E-state index contributed by atoms with van der Waals surface area (Å²) in [5.74, 6) is -0.00492. The predicted molar refractivity (Wildman–Crippen MR) is 73.6 cm³/mol. The number of hydrogen-bond donors (Lipinski definition) is 1. The molecule has 1 unspecified atom stereocenters. The van der Waals surface area contributed by atoms with Gasteiger partial charge in [0.1, 0.15) is 12.9 Å². The van der Waals surface area contributed by atoms with Gasteiger partial charge in [0.15, 0.2) is 5.76 Å². The van der Waals surface area contributed by atoms with Crippen LogP contribution < -0.4 is 5.32 Å². The van der Waals surface area contributed by atoms with Crippen LogP contribution in [0.2, 0.25) is 0 Å². The summed E-state index contributed by atoms with van der Waals surface area (Å²) in [6.07, 6.45) is 4.53. The number of furan rings is 1. The molecule has 9 heteroatoms. The van der Waals surface area contributed by atoms with Gasteiger partial charge in [0.2, 0.25) is 5.91 Å². The van der Waals surface area contributed by atoms with Crippen molar-refractivity contribution in [1.29, 1.82) is 0 Å². The van der Waals surface area contributed by atoms with Crippen LogP contribution in [0.25, 0.3) is 0 Å². The van der Waals surface area contributed by atoms with E-state index in [-0.39, 0.29) is 24.4 Å². The molecule has 1 aliphatic rings. The van der Waals surface area contributed by atoms with Gasteiger partial charge in [-0.2, -0.15) is 0 Å². The molecule has 116 valence electrons. The topological polar surface area (TPSA) is 106 Å². The van der Waals surface area contributed by atoms with Crippen LogP contribution in [0, 0.1) is 0 Å². The lowest BCUT2D eigenvalue weighted by molar-refractivity contribution is -0.122. The lowest BCUT2D eigenvalue weighted by Crippen LogP contribution is -2.50. The number of tetrazole rings is 1. The zero-order valence-corrected chi connectivity index (χ0v) is 11.9. The number of amides is 2. The van der Waals surface area contributed by atoms with Crippen LogP contribution in [0.1, 0.15) is 23.4 Å². The molecule has 2 aromatic heterocycles. The van der Waals surface area contributed by atoms with E-state index in [1.807, 2.05) is 0 Å². The number of nitrogens with one attached hydrogen (secondary N) is 1. The highest BCUT2D eigenvalue weighted by molar-refractivity contribution is 5.91. The second-order valence-corrected chi connectivity index (χ2v) is 5.14. The lowest BCUT2D eigenvalue weighted by Gasteiger charge is -2.32. The quantitative estimate of drug-likeness (QED) is 0.830. The van der Waals surface area contributed by atoms with Gasteiger partial charge in [-0.1, -0.05) is 0 Å². The van der Waals surface area contributed by atoms with E-state index in [0.717, 1.165) is 12.8 Å². The fourth-order valence-corrected chi connectivity index (χ4v) is 2.51. The molecule has 0 radical (unpaired) electrons. The van der Waals surface area contributed by atoms with Crippen molar-refractivity contribution in [3.05, 3.63) is 30.5 Å². The third kappa shape index (κ3) is 3.30. The monoisotopic (exact) mass is 304 g/mol. The SMILES string of the molecule is O=C(Cn1cnnn1)NC1CCCN(C(=O)c2ccco2)C1. The molecular weight excluding hydrogens is 288 g/mol. The van der Waals surface area contributed by atoms with Gasteiger partial charge in [-0.05, 0) is 35.4 Å². The number of carbonyl (C=O) groups is 2. The summed E-state index contributed by atoms with van der Waals surface area (Å²) in [5.41, 5.74) is 0. The van der Waals surface area contributed by atoms with Crippen molar-refractivity contribution in [2.75, 3.05) is 13.1 Å². The summed E-state index contributed by atoms with van der Waals surface area (Å²) in [7, 11) is 0. The summed E-state index contributed by atoms with van der Waals surface area (Å²) in [6.45, 7) is 1.20. The van der Waals surface area contributed by atoms with Gasteiger partial charge in [0.25, 0.3) is 5.91 Å². The number of nitrogens with zero attached hydrogens (tertiary/aromatic N) is 5. The first kappa shape index (κ1) is 14.2. The van der Waals surface area contributed by atoms with E-state index in [1.54, 1.807) is 17.0 Å². The minimum atomic E-state index is -0.176. The maximum Gasteiger partial charge on any atom is 0.289 e. The van der Waals surface area contributed by atoms with Crippen molar-refractivity contribution in [3.63, 3.8) is 0 Å². The minimum Gasteiger partial charge on any atom is -0.459 e. The number of carbonyl (C=O) groups excluding carboxylic acids is 2. The summed E-state index contributed by atoms with van der Waals surface area (Å²) >= 11 is 0. The second kappa shape index (κ2) is 6.37. The third-order valence-electron chi connectivity index (χ3n) is 3.50. The lowest BCUT2D eigenvalue weighted by atomic mass is 10.1. The summed E-state index contributed by atoms with van der Waals surface area (Å²) in [6, 6.07) is 3.25. The molecule has 1 fully saturated rings. The van der Waals surface area contributed by atoms with Gasteiger partial charge in [-0.25, -0.2) is 4.68 Å². The van der Waals surface area contributed by atoms with Gasteiger partial charge in [0.05, 0.1) is 6.26 Å². The first-order chi connectivity index (χ1) is 10.7. The van der Waals surface area contributed by atoms with E-state index >= 15 is 0 Å². The minimum absolute atomic E-state index is 0.0651. The van der Waals surface area contributed by atoms with Crippen molar-refractivity contribution < 1.29 is 14.0 Å². The van der Waals surface area contributed by atoms with Crippen LogP contribution in [-0.4, -0.2) is 56.1 Å². The Bertz CT molecular complexity index is 624. The summed E-state index contributed by atoms with van der Waals surface area (Å²) in [5, 5.41) is 13.5. The molecule has 22 heavy (non-hydrogen) atoms. The van der Waals surface area contributed by atoms with Crippen molar-refractivity contribution in [2.24, 2.45) is 0 Å². The van der Waals surface area contributed by atoms with E-state index in [1.165, 1.54) is 17.3 Å². The Morgan fingerprint density at radius 1 is 1.45 bits per heavy atom. The van der Waals surface area contributed by atoms with Crippen molar-refractivity contribution in [3.8, 4) is 0 Å². The third-order valence-corrected chi connectivity index (χ3v) is 3.50. The maximum absolute atomic E-state index is 12.2. The van der Waals surface area contributed by atoms with Gasteiger partial charge in [0, 0.05) is 19.1 Å². The highest BCUT2D eigenvalue weighted by Crippen LogP contribution is 2.14. The van der Waals surface area contributed by atoms with E-state index in [2.05, 4.69) is 20.8 Å². The Labute approximate surface area is 126 Å². The molecule has 9 nitrogen and oxygen atoms in total. The molecule has 0 spiro atoms. The predicted octanol–water partition coefficient (Wildman–Crippen LogP) is -0.313. The highest BCUT2D eigenvalue weighted by atomic mass is 16.3. The zero-order chi connectivity index (χ0) is 15.4. The van der Waals surface area contributed by atoms with E-state index in [9.17, 15) is 9.59 Å². The average Bonchev–Trinajstić information content (AvgIpc) is 3.19.